The molecule has 3 nitrogen and oxygen atoms in total. The maximum absolute atomic E-state index is 11.7. The Morgan fingerprint density at radius 3 is 3.29 bits per heavy atom. The fourth-order valence-electron chi connectivity index (χ4n) is 2.26. The van der Waals surface area contributed by atoms with Gasteiger partial charge in [0.05, 0.1) is 12.6 Å². The number of rotatable bonds is 5. The summed E-state index contributed by atoms with van der Waals surface area (Å²) in [6, 6.07) is 2.39. The second-order valence-electron chi connectivity index (χ2n) is 4.49. The lowest BCUT2D eigenvalue weighted by atomic mass is 9.94. The molecule has 1 amide bonds. The summed E-state index contributed by atoms with van der Waals surface area (Å²) in [5.74, 6) is 0.113. The molecule has 1 aromatic rings. The molecule has 0 fully saturated rings. The van der Waals surface area contributed by atoms with Crippen LogP contribution in [-0.2, 0) is 11.2 Å². The standard InChI is InChI=1S/C13H20N2OS/c1-2-7-14-9-13(16)15-11-4-3-5-12-10(11)6-8-17-12/h6,8,11,14H,2-5,7,9H2,1H3,(H,15,16). The molecule has 94 valence electrons. The quantitative estimate of drug-likeness (QED) is 0.789. The number of hydrogen-bond acceptors (Lipinski definition) is 3. The number of aryl methyl sites for hydroxylation is 1. The van der Waals surface area contributed by atoms with E-state index in [1.807, 2.05) is 11.3 Å². The van der Waals surface area contributed by atoms with Gasteiger partial charge in [-0.05, 0) is 49.2 Å². The van der Waals surface area contributed by atoms with Crippen molar-refractivity contribution in [2.45, 2.75) is 38.6 Å². The van der Waals surface area contributed by atoms with Crippen LogP contribution in [0.5, 0.6) is 0 Å². The average Bonchev–Trinajstić information content (AvgIpc) is 2.78. The van der Waals surface area contributed by atoms with Gasteiger partial charge in [0.25, 0.3) is 0 Å². The molecule has 1 aromatic heterocycles. The van der Waals surface area contributed by atoms with Gasteiger partial charge in [-0.3, -0.25) is 4.79 Å². The molecule has 0 aromatic carbocycles. The molecule has 2 rings (SSSR count). The third kappa shape index (κ3) is 3.30. The van der Waals surface area contributed by atoms with Crippen molar-refractivity contribution in [2.24, 2.45) is 0 Å². The third-order valence-corrected chi connectivity index (χ3v) is 4.10. The zero-order valence-corrected chi connectivity index (χ0v) is 11.1. The summed E-state index contributed by atoms with van der Waals surface area (Å²) in [4.78, 5) is 13.2. The first-order valence-corrected chi connectivity index (χ1v) is 7.25. The Morgan fingerprint density at radius 1 is 1.59 bits per heavy atom. The van der Waals surface area contributed by atoms with Gasteiger partial charge in [-0.2, -0.15) is 0 Å². The number of hydrogen-bond donors (Lipinski definition) is 2. The zero-order valence-electron chi connectivity index (χ0n) is 10.3. The molecule has 1 aliphatic rings. The highest BCUT2D eigenvalue weighted by Gasteiger charge is 2.22. The van der Waals surface area contributed by atoms with E-state index >= 15 is 0 Å². The summed E-state index contributed by atoms with van der Waals surface area (Å²) in [5, 5.41) is 8.39. The molecule has 0 radical (unpaired) electrons. The summed E-state index contributed by atoms with van der Waals surface area (Å²) in [5.41, 5.74) is 1.34. The van der Waals surface area contributed by atoms with Gasteiger partial charge in [0.1, 0.15) is 0 Å². The van der Waals surface area contributed by atoms with Crippen LogP contribution in [-0.4, -0.2) is 19.0 Å². The number of nitrogens with one attached hydrogen (secondary N) is 2. The minimum absolute atomic E-state index is 0.113. The Kier molecular flexibility index (Phi) is 4.57. The average molecular weight is 252 g/mol. The van der Waals surface area contributed by atoms with Crippen LogP contribution in [0.1, 0.15) is 42.7 Å². The molecule has 2 N–H and O–H groups in total. The van der Waals surface area contributed by atoms with E-state index < -0.39 is 0 Å². The Labute approximate surface area is 107 Å². The molecule has 0 aliphatic heterocycles. The van der Waals surface area contributed by atoms with E-state index in [1.54, 1.807) is 0 Å². The number of carbonyl (C=O) groups is 1. The Balaban J connectivity index is 1.86. The molecule has 0 spiro atoms. The monoisotopic (exact) mass is 252 g/mol. The second kappa shape index (κ2) is 6.17. The third-order valence-electron chi connectivity index (χ3n) is 3.10. The highest BCUT2D eigenvalue weighted by molar-refractivity contribution is 7.10. The van der Waals surface area contributed by atoms with Crippen molar-refractivity contribution in [3.63, 3.8) is 0 Å². The lowest BCUT2D eigenvalue weighted by Gasteiger charge is -2.23. The first-order valence-electron chi connectivity index (χ1n) is 6.37. The molecule has 1 heterocycles. The summed E-state index contributed by atoms with van der Waals surface area (Å²) in [6.45, 7) is 3.44. The van der Waals surface area contributed by atoms with E-state index in [1.165, 1.54) is 23.3 Å². The molecule has 1 atom stereocenters. The van der Waals surface area contributed by atoms with Gasteiger partial charge in [-0.25, -0.2) is 0 Å². The Hall–Kier alpha value is -0.870. The molecule has 4 heteroatoms. The number of thiophene rings is 1. The van der Waals surface area contributed by atoms with E-state index in [9.17, 15) is 4.79 Å². The predicted molar refractivity (Wildman–Crippen MR) is 71.3 cm³/mol. The van der Waals surface area contributed by atoms with E-state index in [0.29, 0.717) is 6.54 Å². The van der Waals surface area contributed by atoms with E-state index in [4.69, 9.17) is 0 Å². The van der Waals surface area contributed by atoms with Crippen molar-refractivity contribution in [1.82, 2.24) is 10.6 Å². The SMILES string of the molecule is CCCNCC(=O)NC1CCCc2sccc21. The van der Waals surface area contributed by atoms with Crippen LogP contribution in [0.3, 0.4) is 0 Å². The van der Waals surface area contributed by atoms with E-state index in [0.717, 1.165) is 19.4 Å². The fourth-order valence-corrected chi connectivity index (χ4v) is 3.25. The van der Waals surface area contributed by atoms with Gasteiger partial charge in [0.2, 0.25) is 5.91 Å². The lowest BCUT2D eigenvalue weighted by Crippen LogP contribution is -2.37. The van der Waals surface area contributed by atoms with Crippen LogP contribution in [0.4, 0.5) is 0 Å². The van der Waals surface area contributed by atoms with Crippen LogP contribution in [0.25, 0.3) is 0 Å². The van der Waals surface area contributed by atoms with Crippen LogP contribution in [0, 0.1) is 0 Å². The molecule has 1 aliphatic carbocycles. The van der Waals surface area contributed by atoms with Crippen LogP contribution < -0.4 is 10.6 Å². The number of fused-ring (bicyclic) bond motifs is 1. The predicted octanol–water partition coefficient (Wildman–Crippen LogP) is 2.24. The highest BCUT2D eigenvalue weighted by Crippen LogP contribution is 2.32. The second-order valence-corrected chi connectivity index (χ2v) is 5.49. The summed E-state index contributed by atoms with van der Waals surface area (Å²) < 4.78 is 0. The minimum atomic E-state index is 0.113. The van der Waals surface area contributed by atoms with Gasteiger partial charge in [-0.15, -0.1) is 11.3 Å². The summed E-state index contributed by atoms with van der Waals surface area (Å²) in [7, 11) is 0. The Bertz CT molecular complexity index is 375. The maximum Gasteiger partial charge on any atom is 0.234 e. The fraction of sp³-hybridized carbons (Fsp3) is 0.615. The molecule has 17 heavy (non-hydrogen) atoms. The number of amides is 1. The van der Waals surface area contributed by atoms with Crippen molar-refractivity contribution in [2.75, 3.05) is 13.1 Å². The molecule has 0 bridgehead atoms. The van der Waals surface area contributed by atoms with Gasteiger partial charge >= 0.3 is 0 Å². The van der Waals surface area contributed by atoms with Crippen molar-refractivity contribution < 1.29 is 4.79 Å². The molecule has 0 saturated heterocycles. The molecular formula is C13H20N2OS. The summed E-state index contributed by atoms with van der Waals surface area (Å²) >= 11 is 1.81. The van der Waals surface area contributed by atoms with Gasteiger partial charge in [0.15, 0.2) is 0 Å². The van der Waals surface area contributed by atoms with Crippen molar-refractivity contribution in [3.05, 3.63) is 21.9 Å². The van der Waals surface area contributed by atoms with Crippen LogP contribution in [0.15, 0.2) is 11.4 Å². The molecule has 0 saturated carbocycles. The van der Waals surface area contributed by atoms with Crippen LogP contribution >= 0.6 is 11.3 Å². The molecular weight excluding hydrogens is 232 g/mol. The van der Waals surface area contributed by atoms with Crippen molar-refractivity contribution >= 4 is 17.2 Å². The zero-order chi connectivity index (χ0) is 12.1. The first kappa shape index (κ1) is 12.6. The maximum atomic E-state index is 11.7. The first-order chi connectivity index (χ1) is 8.31. The molecule has 1 unspecified atom stereocenters. The smallest absolute Gasteiger partial charge is 0.234 e. The van der Waals surface area contributed by atoms with E-state index in [-0.39, 0.29) is 11.9 Å². The van der Waals surface area contributed by atoms with Crippen LogP contribution in [0.2, 0.25) is 0 Å². The normalized spacial score (nSPS) is 18.8. The largest absolute Gasteiger partial charge is 0.348 e. The summed E-state index contributed by atoms with van der Waals surface area (Å²) in [6.07, 6.45) is 4.49. The minimum Gasteiger partial charge on any atom is -0.348 e. The topological polar surface area (TPSA) is 41.1 Å². The van der Waals surface area contributed by atoms with Gasteiger partial charge in [-0.1, -0.05) is 6.92 Å². The number of carbonyl (C=O) groups excluding carboxylic acids is 1. The van der Waals surface area contributed by atoms with E-state index in [2.05, 4.69) is 29.0 Å². The van der Waals surface area contributed by atoms with Crippen molar-refractivity contribution in [3.8, 4) is 0 Å². The van der Waals surface area contributed by atoms with Crippen molar-refractivity contribution in [1.29, 1.82) is 0 Å². The Morgan fingerprint density at radius 2 is 2.47 bits per heavy atom. The highest BCUT2D eigenvalue weighted by atomic mass is 32.1. The van der Waals surface area contributed by atoms with Gasteiger partial charge < -0.3 is 10.6 Å². The van der Waals surface area contributed by atoms with Gasteiger partial charge in [0, 0.05) is 4.88 Å². The lowest BCUT2D eigenvalue weighted by molar-refractivity contribution is -0.121.